The van der Waals surface area contributed by atoms with Crippen LogP contribution in [-0.4, -0.2) is 33.5 Å². The zero-order valence-electron chi connectivity index (χ0n) is 21.7. The molecule has 0 saturated carbocycles. The normalized spacial score (nSPS) is 12.6. The van der Waals surface area contributed by atoms with Crippen LogP contribution in [0.15, 0.2) is 90.1 Å². The second-order valence-corrected chi connectivity index (χ2v) is 9.82. The molecule has 6 heterocycles. The molecule has 0 radical (unpaired) electrons. The topological polar surface area (TPSA) is 133 Å². The first-order chi connectivity index (χ1) is 20.6. The monoisotopic (exact) mass is 625 g/mol. The molecule has 12 heteroatoms. The molecular formula is C30H20BrN5O6. The van der Waals surface area contributed by atoms with Crippen LogP contribution >= 0.6 is 15.9 Å². The molecule has 208 valence electrons. The highest BCUT2D eigenvalue weighted by Crippen LogP contribution is 2.40. The van der Waals surface area contributed by atoms with Crippen LogP contribution in [-0.2, 0) is 0 Å². The molecule has 2 N–H and O–H groups in total. The summed E-state index contributed by atoms with van der Waals surface area (Å²) in [6.45, 7) is 0.461. The maximum absolute atomic E-state index is 5.89. The number of nitrogens with two attached hydrogens (primary N) is 1. The van der Waals surface area contributed by atoms with Gasteiger partial charge in [-0.2, -0.15) is 0 Å². The highest BCUT2D eigenvalue weighted by molar-refractivity contribution is 9.10. The van der Waals surface area contributed by atoms with E-state index in [0.29, 0.717) is 51.8 Å². The highest BCUT2D eigenvalue weighted by Gasteiger charge is 2.18. The number of aromatic nitrogens is 4. The van der Waals surface area contributed by atoms with E-state index in [-0.39, 0.29) is 13.6 Å². The standard InChI is InChI=1S/C15H9BrN2O3.C15H11N3O3/c2*16-15-2-1-9(7-18-15)21-12-3-4-17-11-6-14-13(5-10(11)12)19-8-20-14/h1-7H,8H2;1-7H,8H2,(H2,16,18). The summed E-state index contributed by atoms with van der Waals surface area (Å²) in [5.41, 5.74) is 7.14. The minimum Gasteiger partial charge on any atom is -0.455 e. The maximum atomic E-state index is 5.89. The summed E-state index contributed by atoms with van der Waals surface area (Å²) in [6.07, 6.45) is 6.62. The van der Waals surface area contributed by atoms with Gasteiger partial charge in [-0.25, -0.2) is 9.97 Å². The number of ether oxygens (including phenoxy) is 6. The fourth-order valence-corrected chi connectivity index (χ4v) is 4.56. The predicted molar refractivity (Wildman–Crippen MR) is 156 cm³/mol. The van der Waals surface area contributed by atoms with E-state index >= 15 is 0 Å². The fourth-order valence-electron chi connectivity index (χ4n) is 4.33. The molecule has 2 aromatic carbocycles. The molecule has 0 unspecified atom stereocenters. The lowest BCUT2D eigenvalue weighted by Crippen LogP contribution is -1.92. The zero-order valence-corrected chi connectivity index (χ0v) is 23.3. The third-order valence-electron chi connectivity index (χ3n) is 6.31. The van der Waals surface area contributed by atoms with Crippen LogP contribution in [0.1, 0.15) is 0 Å². The summed E-state index contributed by atoms with van der Waals surface area (Å²) in [5.74, 6) is 5.87. The van der Waals surface area contributed by atoms with Crippen molar-refractivity contribution >= 4 is 43.6 Å². The van der Waals surface area contributed by atoms with Gasteiger partial charge in [0.1, 0.15) is 33.4 Å². The zero-order chi connectivity index (χ0) is 28.5. The average molecular weight is 626 g/mol. The first-order valence-electron chi connectivity index (χ1n) is 12.6. The summed E-state index contributed by atoms with van der Waals surface area (Å²) in [7, 11) is 0. The molecule has 0 fully saturated rings. The predicted octanol–water partition coefficient (Wildman–Crippen LogP) is 6.65. The Bertz CT molecular complexity index is 1780. The number of nitrogen functional groups attached to an aromatic ring is 1. The van der Waals surface area contributed by atoms with Gasteiger partial charge in [-0.1, -0.05) is 0 Å². The summed E-state index contributed by atoms with van der Waals surface area (Å²) in [5, 5.41) is 1.71. The quantitative estimate of drug-likeness (QED) is 0.211. The van der Waals surface area contributed by atoms with Crippen LogP contribution < -0.4 is 34.2 Å². The summed E-state index contributed by atoms with van der Waals surface area (Å²) < 4.78 is 34.0. The molecule has 0 bridgehead atoms. The second kappa shape index (κ2) is 10.9. The lowest BCUT2D eigenvalue weighted by atomic mass is 10.2. The Morgan fingerprint density at radius 2 is 1.10 bits per heavy atom. The number of benzene rings is 2. The first kappa shape index (κ1) is 25.6. The van der Waals surface area contributed by atoms with E-state index in [2.05, 4.69) is 35.9 Å². The van der Waals surface area contributed by atoms with Gasteiger partial charge in [0.05, 0.1) is 23.4 Å². The van der Waals surface area contributed by atoms with Gasteiger partial charge in [-0.15, -0.1) is 0 Å². The number of hydrogen-bond donors (Lipinski definition) is 1. The Morgan fingerprint density at radius 1 is 0.595 bits per heavy atom. The lowest BCUT2D eigenvalue weighted by molar-refractivity contribution is 0.173. The molecule has 0 saturated heterocycles. The fraction of sp³-hybridized carbons (Fsp3) is 0.0667. The molecule has 0 aliphatic carbocycles. The molecule has 8 rings (SSSR count). The number of halogens is 1. The first-order valence-corrected chi connectivity index (χ1v) is 13.4. The largest absolute Gasteiger partial charge is 0.455 e. The third kappa shape index (κ3) is 5.22. The average Bonchev–Trinajstić information content (AvgIpc) is 3.67. The van der Waals surface area contributed by atoms with Gasteiger partial charge in [-0.05, 0) is 64.5 Å². The van der Waals surface area contributed by atoms with E-state index in [1.807, 2.05) is 42.5 Å². The highest BCUT2D eigenvalue weighted by atomic mass is 79.9. The lowest BCUT2D eigenvalue weighted by Gasteiger charge is -2.09. The number of hydrogen-bond acceptors (Lipinski definition) is 11. The van der Waals surface area contributed by atoms with Crippen LogP contribution in [0.5, 0.6) is 46.0 Å². The summed E-state index contributed by atoms with van der Waals surface area (Å²) >= 11 is 3.30. The van der Waals surface area contributed by atoms with Crippen molar-refractivity contribution in [3.63, 3.8) is 0 Å². The van der Waals surface area contributed by atoms with Crippen molar-refractivity contribution in [2.24, 2.45) is 0 Å². The minimum absolute atomic E-state index is 0.226. The van der Waals surface area contributed by atoms with Crippen molar-refractivity contribution in [2.75, 3.05) is 19.3 Å². The maximum Gasteiger partial charge on any atom is 0.231 e. The molecule has 4 aromatic heterocycles. The minimum atomic E-state index is 0.226. The van der Waals surface area contributed by atoms with Crippen LogP contribution in [0.25, 0.3) is 21.8 Å². The number of pyridine rings is 4. The Morgan fingerprint density at radius 3 is 1.57 bits per heavy atom. The molecule has 2 aliphatic rings. The molecule has 0 amide bonds. The summed E-state index contributed by atoms with van der Waals surface area (Å²) in [6, 6.07) is 18.2. The van der Waals surface area contributed by atoms with E-state index in [9.17, 15) is 0 Å². The molecule has 6 aromatic rings. The van der Waals surface area contributed by atoms with E-state index in [4.69, 9.17) is 34.2 Å². The Hall–Kier alpha value is -5.36. The Balaban J connectivity index is 0.000000137. The van der Waals surface area contributed by atoms with Crippen LogP contribution in [0.4, 0.5) is 5.82 Å². The van der Waals surface area contributed by atoms with Crippen LogP contribution in [0, 0.1) is 0 Å². The van der Waals surface area contributed by atoms with Crippen molar-refractivity contribution in [3.05, 3.63) is 90.1 Å². The van der Waals surface area contributed by atoms with Crippen molar-refractivity contribution in [2.45, 2.75) is 0 Å². The third-order valence-corrected chi connectivity index (χ3v) is 6.78. The molecular weight excluding hydrogens is 606 g/mol. The van der Waals surface area contributed by atoms with E-state index in [1.54, 1.807) is 43.0 Å². The van der Waals surface area contributed by atoms with Gasteiger partial charge in [0.2, 0.25) is 13.6 Å². The van der Waals surface area contributed by atoms with Crippen molar-refractivity contribution < 1.29 is 28.4 Å². The molecule has 42 heavy (non-hydrogen) atoms. The smallest absolute Gasteiger partial charge is 0.231 e. The van der Waals surface area contributed by atoms with Gasteiger partial charge in [0, 0.05) is 35.3 Å². The van der Waals surface area contributed by atoms with E-state index in [0.717, 1.165) is 26.4 Å². The van der Waals surface area contributed by atoms with Crippen LogP contribution in [0.3, 0.4) is 0 Å². The molecule has 11 nitrogen and oxygen atoms in total. The SMILES string of the molecule is Brc1ccc(Oc2ccnc3cc4c(cc23)OCO4)cn1.Nc1ccc(Oc2ccnc3cc4c(cc23)OCO4)cn1. The van der Waals surface area contributed by atoms with Gasteiger partial charge >= 0.3 is 0 Å². The van der Waals surface area contributed by atoms with Crippen molar-refractivity contribution in [1.82, 2.24) is 19.9 Å². The summed E-state index contributed by atoms with van der Waals surface area (Å²) in [4.78, 5) is 16.8. The Kier molecular flexibility index (Phi) is 6.64. The number of nitrogens with zero attached hydrogens (tertiary/aromatic N) is 4. The van der Waals surface area contributed by atoms with Gasteiger partial charge in [-0.3, -0.25) is 9.97 Å². The number of rotatable bonds is 4. The second-order valence-electron chi connectivity index (χ2n) is 9.00. The van der Waals surface area contributed by atoms with Crippen LogP contribution in [0.2, 0.25) is 0 Å². The molecule has 0 atom stereocenters. The van der Waals surface area contributed by atoms with Crippen molar-refractivity contribution in [3.8, 4) is 46.0 Å². The van der Waals surface area contributed by atoms with Crippen molar-refractivity contribution in [1.29, 1.82) is 0 Å². The van der Waals surface area contributed by atoms with E-state index in [1.165, 1.54) is 0 Å². The van der Waals surface area contributed by atoms with Gasteiger partial charge < -0.3 is 34.2 Å². The molecule has 0 spiro atoms. The van der Waals surface area contributed by atoms with Gasteiger partial charge in [0.15, 0.2) is 23.0 Å². The van der Waals surface area contributed by atoms with E-state index < -0.39 is 0 Å². The Labute approximate surface area is 246 Å². The van der Waals surface area contributed by atoms with Gasteiger partial charge in [0.25, 0.3) is 0 Å². The molecule has 2 aliphatic heterocycles. The number of fused-ring (bicyclic) bond motifs is 4. The number of anilines is 1.